The van der Waals surface area contributed by atoms with Gasteiger partial charge in [-0.3, -0.25) is 4.57 Å². The fraction of sp³-hybridized carbons (Fsp3) is 0.111. The van der Waals surface area contributed by atoms with Gasteiger partial charge in [0.05, 0.1) is 6.54 Å². The van der Waals surface area contributed by atoms with Crippen LogP contribution < -0.4 is 5.73 Å². The molecule has 0 saturated heterocycles. The Morgan fingerprint density at radius 2 is 2.29 bits per heavy atom. The first kappa shape index (κ1) is 10.2. The summed E-state index contributed by atoms with van der Waals surface area (Å²) in [5, 5.41) is 3.73. The van der Waals surface area contributed by atoms with Crippen LogP contribution >= 0.6 is 15.9 Å². The molecule has 17 heavy (non-hydrogen) atoms. The molecule has 0 aliphatic rings. The van der Waals surface area contributed by atoms with Crippen molar-refractivity contribution in [2.75, 3.05) is 5.73 Å². The minimum absolute atomic E-state index is 0.371. The minimum atomic E-state index is 0.371. The lowest BCUT2D eigenvalue weighted by Crippen LogP contribution is -2.06. The lowest BCUT2D eigenvalue weighted by molar-refractivity contribution is 0.408. The third-order valence-electron chi connectivity index (χ3n) is 2.29. The average molecular weight is 295 g/mol. The molecule has 0 aliphatic carbocycles. The summed E-state index contributed by atoms with van der Waals surface area (Å²) in [5.74, 6) is 0.899. The molecule has 2 N–H and O–H groups in total. The number of hydrogen-bond donors (Lipinski definition) is 1. The third-order valence-corrected chi connectivity index (χ3v) is 2.72. The number of hydrogen-bond acceptors (Lipinski definition) is 6. The minimum Gasteiger partial charge on any atom is -0.369 e. The lowest BCUT2D eigenvalue weighted by atomic mass is 10.4. The van der Waals surface area contributed by atoms with Gasteiger partial charge in [-0.1, -0.05) is 5.16 Å². The second kappa shape index (κ2) is 3.81. The van der Waals surface area contributed by atoms with Crippen molar-refractivity contribution in [1.82, 2.24) is 24.7 Å². The van der Waals surface area contributed by atoms with Gasteiger partial charge in [-0.05, 0) is 22.0 Å². The Morgan fingerprint density at radius 1 is 1.41 bits per heavy atom. The number of nitrogens with two attached hydrogens (primary N) is 1. The lowest BCUT2D eigenvalue weighted by Gasteiger charge is -2.01. The van der Waals surface area contributed by atoms with E-state index in [0.29, 0.717) is 24.0 Å². The van der Waals surface area contributed by atoms with E-state index in [-0.39, 0.29) is 0 Å². The molecule has 0 aliphatic heterocycles. The highest BCUT2D eigenvalue weighted by molar-refractivity contribution is 9.10. The Balaban J connectivity index is 2.12. The van der Waals surface area contributed by atoms with Crippen molar-refractivity contribution in [3.8, 4) is 0 Å². The molecule has 3 aromatic rings. The topological polar surface area (TPSA) is 95.7 Å². The highest BCUT2D eigenvalue weighted by atomic mass is 79.9. The van der Waals surface area contributed by atoms with Crippen LogP contribution in [0.15, 0.2) is 27.7 Å². The maximum absolute atomic E-state index is 5.83. The van der Waals surface area contributed by atoms with E-state index in [2.05, 4.69) is 40.6 Å². The van der Waals surface area contributed by atoms with Crippen molar-refractivity contribution in [2.45, 2.75) is 6.54 Å². The quantitative estimate of drug-likeness (QED) is 0.763. The molecule has 0 bridgehead atoms. The van der Waals surface area contributed by atoms with Gasteiger partial charge in [0.1, 0.15) is 5.52 Å². The predicted molar refractivity (Wildman–Crippen MR) is 63.0 cm³/mol. The zero-order chi connectivity index (χ0) is 11.8. The van der Waals surface area contributed by atoms with E-state index >= 15 is 0 Å². The number of fused-ring (bicyclic) bond motifs is 1. The number of nitrogens with zero attached hydrogens (tertiary/aromatic N) is 5. The van der Waals surface area contributed by atoms with Crippen molar-refractivity contribution in [3.63, 3.8) is 0 Å². The monoisotopic (exact) mass is 294 g/mol. The average Bonchev–Trinajstić information content (AvgIpc) is 2.88. The Kier molecular flexibility index (Phi) is 2.29. The first-order chi connectivity index (χ1) is 8.24. The van der Waals surface area contributed by atoms with E-state index in [0.717, 1.165) is 9.99 Å². The van der Waals surface area contributed by atoms with Crippen LogP contribution in [-0.4, -0.2) is 24.7 Å². The summed E-state index contributed by atoms with van der Waals surface area (Å²) in [7, 11) is 0. The Labute approximate surface area is 104 Å². The number of nitrogen functional groups attached to an aromatic ring is 1. The van der Waals surface area contributed by atoms with Crippen molar-refractivity contribution in [3.05, 3.63) is 29.0 Å². The maximum Gasteiger partial charge on any atom is 0.213 e. The number of pyridine rings is 1. The van der Waals surface area contributed by atoms with Crippen molar-refractivity contribution in [2.24, 2.45) is 0 Å². The van der Waals surface area contributed by atoms with Crippen LogP contribution in [0, 0.1) is 0 Å². The summed E-state index contributed by atoms with van der Waals surface area (Å²) in [4.78, 5) is 12.4. The molecule has 0 amide bonds. The molecule has 3 heterocycles. The van der Waals surface area contributed by atoms with Crippen LogP contribution in [0.25, 0.3) is 11.2 Å². The van der Waals surface area contributed by atoms with Crippen LogP contribution in [0.4, 0.5) is 5.95 Å². The molecule has 0 atom stereocenters. The summed E-state index contributed by atoms with van der Waals surface area (Å²) < 4.78 is 7.26. The maximum atomic E-state index is 5.83. The van der Waals surface area contributed by atoms with Gasteiger partial charge in [-0.25, -0.2) is 9.97 Å². The SMILES string of the molecule is Nc1nc2cc(Br)cnc2n1Cc1ncon1. The predicted octanol–water partition coefficient (Wildman–Crippen LogP) is 1.21. The van der Waals surface area contributed by atoms with Gasteiger partial charge in [0.15, 0.2) is 11.5 Å². The molecule has 7 nitrogen and oxygen atoms in total. The molecular formula is C9H7BrN6O. The fourth-order valence-electron chi connectivity index (χ4n) is 1.56. The van der Waals surface area contributed by atoms with Crippen molar-refractivity contribution < 1.29 is 4.52 Å². The van der Waals surface area contributed by atoms with Crippen molar-refractivity contribution >= 4 is 33.0 Å². The first-order valence-corrected chi connectivity index (χ1v) is 5.56. The van der Waals surface area contributed by atoms with Gasteiger partial charge in [-0.15, -0.1) is 0 Å². The van der Waals surface area contributed by atoms with Gasteiger partial charge in [0.2, 0.25) is 12.3 Å². The Bertz CT molecular complexity index is 661. The van der Waals surface area contributed by atoms with Crippen LogP contribution in [0.2, 0.25) is 0 Å². The second-order valence-corrected chi connectivity index (χ2v) is 4.32. The second-order valence-electron chi connectivity index (χ2n) is 3.40. The summed E-state index contributed by atoms with van der Waals surface area (Å²) in [6, 6.07) is 1.85. The fourth-order valence-corrected chi connectivity index (χ4v) is 1.88. The third kappa shape index (κ3) is 1.76. The number of imidazole rings is 1. The molecule has 0 unspecified atom stereocenters. The highest BCUT2D eigenvalue weighted by Gasteiger charge is 2.11. The smallest absolute Gasteiger partial charge is 0.213 e. The van der Waals surface area contributed by atoms with E-state index in [4.69, 9.17) is 5.73 Å². The zero-order valence-electron chi connectivity index (χ0n) is 8.54. The summed E-state index contributed by atoms with van der Waals surface area (Å²) in [6.07, 6.45) is 2.96. The zero-order valence-corrected chi connectivity index (χ0v) is 10.1. The molecule has 0 aromatic carbocycles. The summed E-state index contributed by atoms with van der Waals surface area (Å²) >= 11 is 3.33. The Hall–Kier alpha value is -1.96. The van der Waals surface area contributed by atoms with Gasteiger partial charge < -0.3 is 10.3 Å². The molecular weight excluding hydrogens is 288 g/mol. The largest absolute Gasteiger partial charge is 0.369 e. The standard InChI is InChI=1S/C9H7BrN6O/c10-5-1-6-8(12-2-5)16(9(11)14-6)3-7-13-4-17-15-7/h1-2,4H,3H2,(H2,11,14). The molecule has 8 heteroatoms. The van der Waals surface area contributed by atoms with Crippen LogP contribution in [0.5, 0.6) is 0 Å². The molecule has 0 spiro atoms. The summed E-state index contributed by atoms with van der Waals surface area (Å²) in [6.45, 7) is 0.382. The molecule has 3 rings (SSSR count). The molecule has 3 aromatic heterocycles. The molecule has 86 valence electrons. The van der Waals surface area contributed by atoms with E-state index < -0.39 is 0 Å². The van der Waals surface area contributed by atoms with E-state index in [9.17, 15) is 0 Å². The van der Waals surface area contributed by atoms with Gasteiger partial charge in [0, 0.05) is 10.7 Å². The van der Waals surface area contributed by atoms with E-state index in [1.54, 1.807) is 10.8 Å². The number of aromatic nitrogens is 5. The summed E-state index contributed by atoms with van der Waals surface area (Å²) in [5.41, 5.74) is 7.24. The Morgan fingerprint density at radius 3 is 3.06 bits per heavy atom. The molecule has 0 fully saturated rings. The number of rotatable bonds is 2. The van der Waals surface area contributed by atoms with Crippen LogP contribution in [0.1, 0.15) is 5.82 Å². The first-order valence-electron chi connectivity index (χ1n) is 4.76. The molecule has 0 radical (unpaired) electrons. The van der Waals surface area contributed by atoms with Gasteiger partial charge >= 0.3 is 0 Å². The van der Waals surface area contributed by atoms with Gasteiger partial charge in [0.25, 0.3) is 0 Å². The van der Waals surface area contributed by atoms with Gasteiger partial charge in [-0.2, -0.15) is 4.98 Å². The van der Waals surface area contributed by atoms with Crippen LogP contribution in [-0.2, 0) is 6.54 Å². The highest BCUT2D eigenvalue weighted by Crippen LogP contribution is 2.19. The number of anilines is 1. The number of halogens is 1. The molecule has 0 saturated carbocycles. The van der Waals surface area contributed by atoms with Crippen LogP contribution in [0.3, 0.4) is 0 Å². The van der Waals surface area contributed by atoms with E-state index in [1.807, 2.05) is 6.07 Å². The normalized spacial score (nSPS) is 11.1. The van der Waals surface area contributed by atoms with E-state index in [1.165, 1.54) is 6.39 Å². The van der Waals surface area contributed by atoms with Crippen molar-refractivity contribution in [1.29, 1.82) is 0 Å².